The third kappa shape index (κ3) is 15.1. The summed E-state index contributed by atoms with van der Waals surface area (Å²) in [5.41, 5.74) is 20.6. The van der Waals surface area contributed by atoms with Crippen LogP contribution in [0.2, 0.25) is 0 Å². The lowest BCUT2D eigenvalue weighted by atomic mass is 9.97. The van der Waals surface area contributed by atoms with Gasteiger partial charge in [-0.25, -0.2) is 51.7 Å². The quantitative estimate of drug-likeness (QED) is 0.0304. The fraction of sp³-hybridized carbons (Fsp3) is 0.194. The highest BCUT2D eigenvalue weighted by Crippen LogP contribution is 2.41. The van der Waals surface area contributed by atoms with Crippen molar-refractivity contribution in [1.82, 2.24) is 40.4 Å². The molecule has 2 aliphatic heterocycles. The van der Waals surface area contributed by atoms with Gasteiger partial charge in [-0.05, 0) is 138 Å². The van der Waals surface area contributed by atoms with Crippen molar-refractivity contribution >= 4 is 82.0 Å². The molecule has 12 N–H and O–H groups in total. The molecule has 27 heteroatoms. The first-order valence-corrected chi connectivity index (χ1v) is 27.4. The number of aromatic carboxylic acids is 1. The van der Waals surface area contributed by atoms with E-state index in [2.05, 4.69) is 41.5 Å². The van der Waals surface area contributed by atoms with E-state index in [4.69, 9.17) is 22.2 Å². The summed E-state index contributed by atoms with van der Waals surface area (Å²) in [6, 6.07) is 27.6. The number of amides is 7. The Balaban J connectivity index is 0.000000202. The molecular weight excluding hydrogens is 1160 g/mol. The predicted octanol–water partition coefficient (Wildman–Crippen LogP) is 8.55. The summed E-state index contributed by atoms with van der Waals surface area (Å²) >= 11 is 0. The van der Waals surface area contributed by atoms with Gasteiger partial charge in [-0.3, -0.25) is 14.4 Å². The standard InChI is InChI=1S/C31H30F2N8O3.C24H24F2N6O3.C7H8N2O/c1-17-10-11-19(29(43)37-20-7-4-6-18(14-20)27(34)42)15-21(17)25-22-16-36-31(44)41(26-23(32)8-5-9-24(26)33)28(22)39-30(38-25)35-12-13-40(2)3;1-13-7-8-14(22(33)34)11-15(13)19-16-12-28-24(35)32(20-17(25)5-4-6-18(20)26)21(16)30-23(29-19)27-9-10-31(2)3;8-6-3-1-2-5(4-6)7(9)10/h4-11,14-15H,12-13,16H2,1-3H3,(H2,34,42)(H,36,44)(H,37,43)(H,35,38,39);4-8,11H,9-10,12H2,1-3H3,(H,28,35)(H,33,34)(H,27,29,30);1-4H,8H2,(H2,9,10). The number of anilines is 8. The molecule has 0 aliphatic carbocycles. The number of urea groups is 2. The molecule has 0 atom stereocenters. The molecule has 0 spiro atoms. The average molecular weight is 1220 g/mol. The lowest BCUT2D eigenvalue weighted by Crippen LogP contribution is -2.43. The fourth-order valence-electron chi connectivity index (χ4n) is 9.20. The highest BCUT2D eigenvalue weighted by molar-refractivity contribution is 6.07. The number of carboxylic acid groups (broad SMARTS) is 1. The lowest BCUT2D eigenvalue weighted by Gasteiger charge is -2.31. The van der Waals surface area contributed by atoms with Gasteiger partial charge in [0.25, 0.3) is 5.91 Å². The van der Waals surface area contributed by atoms with Crippen LogP contribution in [0.15, 0.2) is 121 Å². The number of fused-ring (bicyclic) bond motifs is 2. The van der Waals surface area contributed by atoms with Gasteiger partial charge in [0.2, 0.25) is 23.7 Å². The summed E-state index contributed by atoms with van der Waals surface area (Å²) in [6.07, 6.45) is 0. The number of nitrogens with zero attached hydrogens (tertiary/aromatic N) is 8. The van der Waals surface area contributed by atoms with Crippen molar-refractivity contribution in [1.29, 1.82) is 0 Å². The minimum absolute atomic E-state index is 0.00706. The van der Waals surface area contributed by atoms with Crippen molar-refractivity contribution in [2.45, 2.75) is 26.9 Å². The van der Waals surface area contributed by atoms with E-state index in [-0.39, 0.29) is 53.3 Å². The van der Waals surface area contributed by atoms with Crippen LogP contribution >= 0.6 is 0 Å². The number of nitrogens with one attached hydrogen (secondary N) is 5. The number of carbonyl (C=O) groups is 6. The third-order valence-electron chi connectivity index (χ3n) is 13.7. The van der Waals surface area contributed by atoms with Gasteiger partial charge in [0.1, 0.15) is 34.6 Å². The number of nitrogen functional groups attached to an aromatic ring is 1. The Hall–Kier alpha value is -11.1. The van der Waals surface area contributed by atoms with E-state index in [1.807, 2.05) is 44.9 Å². The summed E-state index contributed by atoms with van der Waals surface area (Å²) in [5, 5.41) is 23.8. The van der Waals surface area contributed by atoms with Crippen LogP contribution < -0.4 is 53.6 Å². The molecule has 0 saturated heterocycles. The van der Waals surface area contributed by atoms with E-state index in [1.54, 1.807) is 73.7 Å². The Morgan fingerprint density at radius 1 is 0.562 bits per heavy atom. The molecule has 0 unspecified atom stereocenters. The molecular formula is C62H62F4N16O7. The number of rotatable bonds is 17. The van der Waals surface area contributed by atoms with Crippen molar-refractivity contribution < 1.29 is 51.4 Å². The Morgan fingerprint density at radius 2 is 0.978 bits per heavy atom. The molecule has 10 rings (SSSR count). The molecule has 0 bridgehead atoms. The molecule has 460 valence electrons. The Bertz CT molecular complexity index is 4020. The number of carboxylic acids is 1. The minimum Gasteiger partial charge on any atom is -0.478 e. The van der Waals surface area contributed by atoms with E-state index in [1.165, 1.54) is 30.3 Å². The number of hydrogen-bond acceptors (Lipinski definition) is 15. The van der Waals surface area contributed by atoms with Crippen LogP contribution in [0.3, 0.4) is 0 Å². The highest BCUT2D eigenvalue weighted by Gasteiger charge is 2.36. The molecule has 2 aromatic heterocycles. The van der Waals surface area contributed by atoms with Gasteiger partial charge in [-0.2, -0.15) is 9.97 Å². The topological polar surface area (TPSA) is 325 Å². The monoisotopic (exact) mass is 1220 g/mol. The minimum atomic E-state index is -1.11. The Labute approximate surface area is 508 Å². The number of likely N-dealkylation sites (N-methyl/N-ethyl adjacent to an activating group) is 2. The van der Waals surface area contributed by atoms with Crippen molar-refractivity contribution in [3.05, 3.63) is 189 Å². The smallest absolute Gasteiger partial charge is 0.335 e. The fourth-order valence-corrected chi connectivity index (χ4v) is 9.20. The van der Waals surface area contributed by atoms with Gasteiger partial charge in [0.15, 0.2) is 11.6 Å². The summed E-state index contributed by atoms with van der Waals surface area (Å²) < 4.78 is 59.4. The lowest BCUT2D eigenvalue weighted by molar-refractivity contribution is 0.0696. The molecule has 6 aromatic carbocycles. The zero-order valence-corrected chi connectivity index (χ0v) is 49.0. The Kier molecular flexibility index (Phi) is 20.1. The maximum Gasteiger partial charge on any atom is 0.335 e. The second kappa shape index (κ2) is 28.0. The van der Waals surface area contributed by atoms with Crippen molar-refractivity contribution in [2.24, 2.45) is 11.5 Å². The number of nitrogens with two attached hydrogens (primary N) is 3. The van der Waals surface area contributed by atoms with Crippen molar-refractivity contribution in [3.8, 4) is 22.5 Å². The van der Waals surface area contributed by atoms with Gasteiger partial charge in [0, 0.05) is 76.5 Å². The van der Waals surface area contributed by atoms with Crippen LogP contribution in [-0.4, -0.2) is 125 Å². The van der Waals surface area contributed by atoms with Crippen molar-refractivity contribution in [2.75, 3.05) is 85.9 Å². The number of aryl methyl sites for hydroxylation is 2. The molecule has 89 heavy (non-hydrogen) atoms. The molecule has 0 fully saturated rings. The number of para-hydroxylation sites is 2. The normalized spacial score (nSPS) is 12.3. The van der Waals surface area contributed by atoms with E-state index < -0.39 is 70.4 Å². The van der Waals surface area contributed by atoms with E-state index >= 15 is 0 Å². The highest BCUT2D eigenvalue weighted by atomic mass is 19.1. The number of carbonyl (C=O) groups excluding carboxylic acids is 5. The van der Waals surface area contributed by atoms with Gasteiger partial charge >= 0.3 is 18.0 Å². The first kappa shape index (κ1) is 63.9. The van der Waals surface area contributed by atoms with Crippen molar-refractivity contribution in [3.63, 3.8) is 0 Å². The van der Waals surface area contributed by atoms with E-state index in [0.717, 1.165) is 45.2 Å². The largest absolute Gasteiger partial charge is 0.478 e. The molecule has 0 saturated carbocycles. The van der Waals surface area contributed by atoms with Crippen LogP contribution in [0.5, 0.6) is 0 Å². The van der Waals surface area contributed by atoms with Gasteiger partial charge in [0.05, 0.1) is 30.0 Å². The molecule has 7 amide bonds. The third-order valence-corrected chi connectivity index (χ3v) is 13.7. The number of aromatic nitrogens is 4. The summed E-state index contributed by atoms with van der Waals surface area (Å²) in [6.45, 7) is 5.77. The first-order chi connectivity index (χ1) is 42.4. The zero-order chi connectivity index (χ0) is 64.4. The van der Waals surface area contributed by atoms with Gasteiger partial charge in [-0.15, -0.1) is 0 Å². The average Bonchev–Trinajstić information content (AvgIpc) is 0.899. The molecule has 8 aromatic rings. The van der Waals surface area contributed by atoms with Crippen LogP contribution in [0.4, 0.5) is 73.4 Å². The van der Waals surface area contributed by atoms with Crippen LogP contribution in [0.25, 0.3) is 22.5 Å². The van der Waals surface area contributed by atoms with Crippen LogP contribution in [-0.2, 0) is 13.1 Å². The summed E-state index contributed by atoms with van der Waals surface area (Å²) in [5.74, 6) is -6.10. The second-order valence-electron chi connectivity index (χ2n) is 20.7. The molecule has 2 aliphatic rings. The number of primary amides is 2. The van der Waals surface area contributed by atoms with Gasteiger partial charge < -0.3 is 58.7 Å². The maximum absolute atomic E-state index is 15.0. The Morgan fingerprint density at radius 3 is 1.39 bits per heavy atom. The summed E-state index contributed by atoms with van der Waals surface area (Å²) in [4.78, 5) is 96.9. The number of hydrogen-bond donors (Lipinski definition) is 9. The zero-order valence-electron chi connectivity index (χ0n) is 49.0. The molecule has 0 radical (unpaired) electrons. The maximum atomic E-state index is 15.0. The molecule has 4 heterocycles. The number of halogens is 4. The first-order valence-electron chi connectivity index (χ1n) is 27.4. The summed E-state index contributed by atoms with van der Waals surface area (Å²) in [7, 11) is 7.60. The second-order valence-corrected chi connectivity index (χ2v) is 20.7. The van der Waals surface area contributed by atoms with E-state index in [9.17, 15) is 51.4 Å². The number of benzene rings is 6. The SMILES string of the molecule is Cc1ccc(C(=O)Nc2cccc(C(N)=O)c2)cc1-c1nc(NCCN(C)C)nc2c1CNC(=O)N2c1c(F)cccc1F.Cc1ccc(C(=O)O)cc1-c1nc(NCCN(C)C)nc2c1CNC(=O)N2c1c(F)cccc1F.NC(=O)c1cccc(N)c1. The predicted molar refractivity (Wildman–Crippen MR) is 329 cm³/mol. The molecule has 23 nitrogen and oxygen atoms in total. The van der Waals surface area contributed by atoms with Gasteiger partial charge in [-0.1, -0.05) is 36.4 Å². The van der Waals surface area contributed by atoms with Crippen LogP contribution in [0, 0.1) is 37.1 Å². The van der Waals surface area contributed by atoms with E-state index in [0.29, 0.717) is 76.8 Å². The van der Waals surface area contributed by atoms with Crippen LogP contribution in [0.1, 0.15) is 63.7 Å².